The number of carbonyl (C=O) groups excluding carboxylic acids is 2. The normalized spacial score (nSPS) is 11.1. The average molecular weight is 429 g/mol. The number of fused-ring (bicyclic) bond motifs is 1. The van der Waals surface area contributed by atoms with Gasteiger partial charge in [0.2, 0.25) is 5.91 Å². The molecule has 0 aliphatic heterocycles. The number of amides is 2. The van der Waals surface area contributed by atoms with Gasteiger partial charge in [0, 0.05) is 40.1 Å². The molecule has 2 amide bonds. The van der Waals surface area contributed by atoms with E-state index in [0.717, 1.165) is 16.5 Å². The second-order valence-corrected chi connectivity index (χ2v) is 6.79. The van der Waals surface area contributed by atoms with Crippen molar-refractivity contribution in [3.63, 3.8) is 0 Å². The number of hydrogen-bond acceptors (Lipinski definition) is 4. The summed E-state index contributed by atoms with van der Waals surface area (Å²) in [6, 6.07) is 12.2. The lowest BCUT2D eigenvalue weighted by molar-refractivity contribution is -0.118. The number of hydrogen-bond donors (Lipinski definition) is 3. The molecular formula is C19H17BrN4O3. The lowest BCUT2D eigenvalue weighted by Crippen LogP contribution is -2.17. The fraction of sp³-hybridized carbons (Fsp3) is 0.105. The molecule has 1 heterocycles. The molecule has 0 aliphatic rings. The van der Waals surface area contributed by atoms with Crippen LogP contribution in [0.3, 0.4) is 0 Å². The van der Waals surface area contributed by atoms with Gasteiger partial charge in [-0.15, -0.1) is 0 Å². The molecule has 2 aromatic carbocycles. The first-order valence-electron chi connectivity index (χ1n) is 8.14. The van der Waals surface area contributed by atoms with E-state index in [1.807, 2.05) is 35.0 Å². The van der Waals surface area contributed by atoms with Crippen molar-refractivity contribution in [2.45, 2.75) is 13.0 Å². The van der Waals surface area contributed by atoms with E-state index >= 15 is 0 Å². The van der Waals surface area contributed by atoms with Crippen molar-refractivity contribution in [3.05, 3.63) is 64.3 Å². The smallest absolute Gasteiger partial charge is 0.275 e. The van der Waals surface area contributed by atoms with Gasteiger partial charge in [-0.3, -0.25) is 9.59 Å². The Morgan fingerprint density at radius 3 is 2.81 bits per heavy atom. The van der Waals surface area contributed by atoms with Gasteiger partial charge in [-0.25, -0.2) is 5.43 Å². The Balaban J connectivity index is 1.80. The second-order valence-electron chi connectivity index (χ2n) is 5.87. The number of halogens is 1. The first kappa shape index (κ1) is 18.7. The van der Waals surface area contributed by atoms with Gasteiger partial charge in [-0.2, -0.15) is 5.10 Å². The van der Waals surface area contributed by atoms with Crippen molar-refractivity contribution in [2.75, 3.05) is 0 Å². The Labute approximate surface area is 163 Å². The number of nitrogens with two attached hydrogens (primary N) is 1. The molecule has 0 bridgehead atoms. The van der Waals surface area contributed by atoms with Gasteiger partial charge in [0.25, 0.3) is 5.91 Å². The summed E-state index contributed by atoms with van der Waals surface area (Å²) in [6.45, 7) is 0.460. The zero-order chi connectivity index (χ0) is 19.4. The van der Waals surface area contributed by atoms with E-state index in [0.29, 0.717) is 11.0 Å². The summed E-state index contributed by atoms with van der Waals surface area (Å²) in [5.74, 6) is -1.03. The quantitative estimate of drug-likeness (QED) is 0.414. The van der Waals surface area contributed by atoms with Crippen LogP contribution in [-0.4, -0.2) is 27.7 Å². The maximum absolute atomic E-state index is 12.2. The zero-order valence-electron chi connectivity index (χ0n) is 14.2. The predicted octanol–water partition coefficient (Wildman–Crippen LogP) is 2.75. The van der Waals surface area contributed by atoms with Gasteiger partial charge < -0.3 is 15.4 Å². The van der Waals surface area contributed by atoms with Crippen molar-refractivity contribution >= 4 is 44.9 Å². The summed E-state index contributed by atoms with van der Waals surface area (Å²) in [5.41, 5.74) is 9.48. The van der Waals surface area contributed by atoms with Crippen molar-refractivity contribution in [1.29, 1.82) is 0 Å². The Morgan fingerprint density at radius 1 is 1.26 bits per heavy atom. The van der Waals surface area contributed by atoms with E-state index in [4.69, 9.17) is 5.73 Å². The van der Waals surface area contributed by atoms with Crippen LogP contribution in [0.4, 0.5) is 0 Å². The molecular weight excluding hydrogens is 412 g/mol. The van der Waals surface area contributed by atoms with Crippen molar-refractivity contribution in [2.24, 2.45) is 10.8 Å². The highest BCUT2D eigenvalue weighted by molar-refractivity contribution is 9.10. The monoisotopic (exact) mass is 428 g/mol. The minimum absolute atomic E-state index is 0.116. The maximum atomic E-state index is 12.2. The number of benzene rings is 2. The molecule has 4 N–H and O–H groups in total. The topological polar surface area (TPSA) is 110 Å². The third-order valence-corrected chi connectivity index (χ3v) is 4.48. The van der Waals surface area contributed by atoms with Crippen LogP contribution in [0, 0.1) is 0 Å². The Morgan fingerprint density at radius 2 is 2.04 bits per heavy atom. The summed E-state index contributed by atoms with van der Waals surface area (Å²) in [4.78, 5) is 23.3. The number of nitrogens with one attached hydrogen (secondary N) is 1. The molecule has 0 fully saturated rings. The summed E-state index contributed by atoms with van der Waals surface area (Å²) in [7, 11) is 0. The standard InChI is InChI=1S/C19H17BrN4O3/c20-13-5-6-17(25)15(9-13)19(27)23-22-10-12-11-24(8-7-18(21)26)16-4-2-1-3-14(12)16/h1-6,9-11,25H,7-8H2,(H2,21,26)(H,23,27)/b22-10-. The second kappa shape index (κ2) is 8.05. The summed E-state index contributed by atoms with van der Waals surface area (Å²) >= 11 is 3.26. The van der Waals surface area contributed by atoms with Crippen LogP contribution in [0.5, 0.6) is 5.75 Å². The number of carbonyl (C=O) groups is 2. The molecule has 0 spiro atoms. The number of hydrazone groups is 1. The first-order valence-corrected chi connectivity index (χ1v) is 8.93. The number of phenols is 1. The van der Waals surface area contributed by atoms with Crippen LogP contribution in [0.1, 0.15) is 22.3 Å². The van der Waals surface area contributed by atoms with Gasteiger partial charge in [0.1, 0.15) is 5.75 Å². The Bertz CT molecular complexity index is 1040. The number of phenolic OH excluding ortho intramolecular Hbond substituents is 1. The molecule has 0 aliphatic carbocycles. The number of nitrogens with zero attached hydrogens (tertiary/aromatic N) is 2. The number of para-hydroxylation sites is 1. The van der Waals surface area contributed by atoms with Crippen LogP contribution in [0.2, 0.25) is 0 Å². The Kier molecular flexibility index (Phi) is 5.56. The fourth-order valence-corrected chi connectivity index (χ4v) is 3.07. The molecule has 8 heteroatoms. The van der Waals surface area contributed by atoms with E-state index in [1.54, 1.807) is 6.07 Å². The molecule has 0 radical (unpaired) electrons. The van der Waals surface area contributed by atoms with E-state index in [-0.39, 0.29) is 23.6 Å². The number of aromatic hydroxyl groups is 1. The fourth-order valence-electron chi connectivity index (χ4n) is 2.70. The highest BCUT2D eigenvalue weighted by Gasteiger charge is 2.11. The van der Waals surface area contributed by atoms with E-state index in [1.165, 1.54) is 18.3 Å². The molecule has 0 unspecified atom stereocenters. The van der Waals surface area contributed by atoms with Crippen LogP contribution >= 0.6 is 15.9 Å². The van der Waals surface area contributed by atoms with Crippen LogP contribution in [0.15, 0.2) is 58.2 Å². The van der Waals surface area contributed by atoms with Gasteiger partial charge in [-0.05, 0) is 24.3 Å². The SMILES string of the molecule is NC(=O)CCn1cc(/C=N\NC(=O)c2cc(Br)ccc2O)c2ccccc21. The van der Waals surface area contributed by atoms with E-state index in [9.17, 15) is 14.7 Å². The van der Waals surface area contributed by atoms with Crippen molar-refractivity contribution in [1.82, 2.24) is 9.99 Å². The van der Waals surface area contributed by atoms with E-state index in [2.05, 4.69) is 26.5 Å². The summed E-state index contributed by atoms with van der Waals surface area (Å²) < 4.78 is 2.59. The molecule has 0 saturated heterocycles. The molecule has 138 valence electrons. The third kappa shape index (κ3) is 4.35. The number of aryl methyl sites for hydroxylation is 1. The van der Waals surface area contributed by atoms with Gasteiger partial charge in [0.15, 0.2) is 0 Å². The third-order valence-electron chi connectivity index (χ3n) is 3.99. The molecule has 0 atom stereocenters. The number of primary amides is 1. The van der Waals surface area contributed by atoms with Gasteiger partial charge in [-0.1, -0.05) is 34.1 Å². The summed E-state index contributed by atoms with van der Waals surface area (Å²) in [6.07, 6.45) is 3.60. The van der Waals surface area contributed by atoms with Gasteiger partial charge >= 0.3 is 0 Å². The number of aromatic nitrogens is 1. The molecule has 0 saturated carbocycles. The number of rotatable bonds is 6. The lowest BCUT2D eigenvalue weighted by atomic mass is 10.2. The molecule has 3 aromatic rings. The van der Waals surface area contributed by atoms with Crippen molar-refractivity contribution in [3.8, 4) is 5.75 Å². The van der Waals surface area contributed by atoms with Gasteiger partial charge in [0.05, 0.1) is 11.8 Å². The van der Waals surface area contributed by atoms with Crippen LogP contribution in [0.25, 0.3) is 10.9 Å². The Hall–Kier alpha value is -3.13. The highest BCUT2D eigenvalue weighted by Crippen LogP contribution is 2.22. The molecule has 7 nitrogen and oxygen atoms in total. The maximum Gasteiger partial charge on any atom is 0.275 e. The largest absolute Gasteiger partial charge is 0.507 e. The minimum atomic E-state index is -0.525. The average Bonchev–Trinajstić information content (AvgIpc) is 3.00. The lowest BCUT2D eigenvalue weighted by Gasteiger charge is -2.03. The van der Waals surface area contributed by atoms with Crippen LogP contribution < -0.4 is 11.2 Å². The molecule has 1 aromatic heterocycles. The van der Waals surface area contributed by atoms with Crippen LogP contribution in [-0.2, 0) is 11.3 Å². The van der Waals surface area contributed by atoms with Crippen molar-refractivity contribution < 1.29 is 14.7 Å². The zero-order valence-corrected chi connectivity index (χ0v) is 15.8. The molecule has 3 rings (SSSR count). The minimum Gasteiger partial charge on any atom is -0.507 e. The molecule has 27 heavy (non-hydrogen) atoms. The predicted molar refractivity (Wildman–Crippen MR) is 107 cm³/mol. The first-order chi connectivity index (χ1) is 13.0. The highest BCUT2D eigenvalue weighted by atomic mass is 79.9. The summed E-state index contributed by atoms with van der Waals surface area (Å²) in [5, 5.41) is 14.7. The van der Waals surface area contributed by atoms with E-state index < -0.39 is 5.91 Å².